The van der Waals surface area contributed by atoms with Crippen molar-refractivity contribution < 1.29 is 17.6 Å². The smallest absolute Gasteiger partial charge is 0.253 e. The Kier molecular flexibility index (Phi) is 3.84. The zero-order valence-electron chi connectivity index (χ0n) is 9.92. The lowest BCUT2D eigenvalue weighted by Gasteiger charge is -2.09. The lowest BCUT2D eigenvalue weighted by molar-refractivity contribution is 0.411. The summed E-state index contributed by atoms with van der Waals surface area (Å²) >= 11 is 0. The van der Waals surface area contributed by atoms with Gasteiger partial charge >= 0.3 is 0 Å². The van der Waals surface area contributed by atoms with Crippen LogP contribution in [0.2, 0.25) is 0 Å². The van der Waals surface area contributed by atoms with Crippen molar-refractivity contribution in [2.24, 2.45) is 0 Å². The van der Waals surface area contributed by atoms with Gasteiger partial charge in [0, 0.05) is 5.69 Å². The first kappa shape index (κ1) is 13.8. The molecule has 1 aromatic carbocycles. The molecule has 0 aliphatic rings. The number of nitriles is 1. The highest BCUT2D eigenvalue weighted by molar-refractivity contribution is 5.60. The minimum atomic E-state index is -1.73. The molecule has 20 heavy (non-hydrogen) atoms. The molecule has 1 heterocycles. The summed E-state index contributed by atoms with van der Waals surface area (Å²) in [5.74, 6) is -6.67. The van der Waals surface area contributed by atoms with Gasteiger partial charge in [0.1, 0.15) is 5.69 Å². The van der Waals surface area contributed by atoms with E-state index in [-0.39, 0.29) is 12.1 Å². The van der Waals surface area contributed by atoms with Crippen LogP contribution in [0.4, 0.5) is 28.9 Å². The molecular formula is C13H7F4N3. The fourth-order valence-electron chi connectivity index (χ4n) is 1.54. The van der Waals surface area contributed by atoms with Crippen molar-refractivity contribution in [2.75, 3.05) is 5.32 Å². The minimum absolute atomic E-state index is 0.182. The molecule has 1 aromatic heterocycles. The number of nitrogens with one attached hydrogen (secondary N) is 1. The van der Waals surface area contributed by atoms with E-state index in [9.17, 15) is 17.6 Å². The van der Waals surface area contributed by atoms with E-state index in [4.69, 9.17) is 5.26 Å². The SMILES string of the molecule is N#CCc1ccc(Nc2c(F)c(F)nc(F)c2F)cc1. The highest BCUT2D eigenvalue weighted by Crippen LogP contribution is 2.25. The molecule has 0 amide bonds. The molecule has 0 saturated heterocycles. The number of anilines is 2. The number of hydrogen-bond acceptors (Lipinski definition) is 3. The van der Waals surface area contributed by atoms with Gasteiger partial charge in [-0.25, -0.2) is 0 Å². The maximum Gasteiger partial charge on any atom is 0.253 e. The minimum Gasteiger partial charge on any atom is -0.350 e. The maximum absolute atomic E-state index is 13.4. The van der Waals surface area contributed by atoms with Gasteiger partial charge in [-0.3, -0.25) is 0 Å². The molecule has 3 nitrogen and oxygen atoms in total. The molecule has 0 saturated carbocycles. The van der Waals surface area contributed by atoms with Gasteiger partial charge < -0.3 is 5.32 Å². The third-order valence-electron chi connectivity index (χ3n) is 2.50. The second-order valence-corrected chi connectivity index (χ2v) is 3.85. The van der Waals surface area contributed by atoms with E-state index in [0.29, 0.717) is 5.56 Å². The molecule has 0 radical (unpaired) electrons. The van der Waals surface area contributed by atoms with Crippen LogP contribution in [0.1, 0.15) is 5.56 Å². The summed E-state index contributed by atoms with van der Waals surface area (Å²) in [6.45, 7) is 0. The number of hydrogen-bond donors (Lipinski definition) is 1. The van der Waals surface area contributed by atoms with Gasteiger partial charge in [0.2, 0.25) is 11.6 Å². The van der Waals surface area contributed by atoms with Crippen molar-refractivity contribution in [1.29, 1.82) is 5.26 Å². The van der Waals surface area contributed by atoms with Gasteiger partial charge in [0.25, 0.3) is 11.9 Å². The monoisotopic (exact) mass is 281 g/mol. The first-order valence-corrected chi connectivity index (χ1v) is 5.46. The third-order valence-corrected chi connectivity index (χ3v) is 2.50. The third kappa shape index (κ3) is 2.69. The molecule has 0 atom stereocenters. The maximum atomic E-state index is 13.4. The largest absolute Gasteiger partial charge is 0.350 e. The van der Waals surface area contributed by atoms with Crippen LogP contribution in [0.25, 0.3) is 0 Å². The zero-order valence-corrected chi connectivity index (χ0v) is 9.92. The Morgan fingerprint density at radius 3 is 2.05 bits per heavy atom. The van der Waals surface area contributed by atoms with E-state index >= 15 is 0 Å². The predicted octanol–water partition coefficient (Wildman–Crippen LogP) is 3.45. The number of aromatic nitrogens is 1. The van der Waals surface area contributed by atoms with Crippen LogP contribution >= 0.6 is 0 Å². The van der Waals surface area contributed by atoms with Crippen molar-refractivity contribution in [3.8, 4) is 6.07 Å². The van der Waals surface area contributed by atoms with Crippen LogP contribution in [0.3, 0.4) is 0 Å². The molecule has 2 rings (SSSR count). The molecular weight excluding hydrogens is 274 g/mol. The molecule has 102 valence electrons. The second-order valence-electron chi connectivity index (χ2n) is 3.85. The van der Waals surface area contributed by atoms with Crippen LogP contribution < -0.4 is 5.32 Å². The van der Waals surface area contributed by atoms with Crippen molar-refractivity contribution in [3.05, 3.63) is 53.4 Å². The van der Waals surface area contributed by atoms with Crippen LogP contribution in [0, 0.1) is 34.9 Å². The van der Waals surface area contributed by atoms with E-state index in [1.807, 2.05) is 6.07 Å². The standard InChI is InChI=1S/C13H7F4N3/c14-9-11(10(15)13(17)20-12(9)16)19-8-3-1-7(2-4-8)5-6-18/h1-4H,5H2,(H,19,20). The van der Waals surface area contributed by atoms with Crippen LogP contribution in [0.5, 0.6) is 0 Å². The molecule has 0 spiro atoms. The van der Waals surface area contributed by atoms with E-state index in [1.165, 1.54) is 12.1 Å². The Bertz CT molecular complexity index is 651. The Hall–Kier alpha value is -2.62. The van der Waals surface area contributed by atoms with Crippen LogP contribution in [0.15, 0.2) is 24.3 Å². The average Bonchev–Trinajstić information content (AvgIpc) is 2.43. The summed E-state index contributed by atoms with van der Waals surface area (Å²) in [4.78, 5) is 2.45. The number of rotatable bonds is 3. The molecule has 1 N–H and O–H groups in total. The van der Waals surface area contributed by atoms with Gasteiger partial charge in [-0.05, 0) is 17.7 Å². The van der Waals surface area contributed by atoms with Crippen LogP contribution in [-0.4, -0.2) is 4.98 Å². The van der Waals surface area contributed by atoms with Gasteiger partial charge in [-0.15, -0.1) is 0 Å². The Morgan fingerprint density at radius 1 is 1.00 bits per heavy atom. The Morgan fingerprint density at radius 2 is 1.55 bits per heavy atom. The zero-order chi connectivity index (χ0) is 14.7. The molecule has 0 bridgehead atoms. The van der Waals surface area contributed by atoms with Gasteiger partial charge in [-0.2, -0.15) is 27.8 Å². The molecule has 0 unspecified atom stereocenters. The summed E-state index contributed by atoms with van der Waals surface area (Å²) in [5.41, 5.74) is -0.0383. The summed E-state index contributed by atoms with van der Waals surface area (Å²) < 4.78 is 52.6. The predicted molar refractivity (Wildman–Crippen MR) is 63.1 cm³/mol. The number of pyridine rings is 1. The van der Waals surface area contributed by atoms with Crippen molar-refractivity contribution >= 4 is 11.4 Å². The average molecular weight is 281 g/mol. The van der Waals surface area contributed by atoms with E-state index < -0.39 is 29.2 Å². The van der Waals surface area contributed by atoms with Crippen molar-refractivity contribution in [1.82, 2.24) is 4.98 Å². The van der Waals surface area contributed by atoms with Crippen molar-refractivity contribution in [2.45, 2.75) is 6.42 Å². The van der Waals surface area contributed by atoms with Crippen molar-refractivity contribution in [3.63, 3.8) is 0 Å². The first-order valence-electron chi connectivity index (χ1n) is 5.46. The lowest BCUT2D eigenvalue weighted by Crippen LogP contribution is -2.06. The highest BCUT2D eigenvalue weighted by Gasteiger charge is 2.20. The summed E-state index contributed by atoms with van der Waals surface area (Å²) in [7, 11) is 0. The van der Waals surface area contributed by atoms with E-state index in [2.05, 4.69) is 10.3 Å². The molecule has 0 aliphatic heterocycles. The van der Waals surface area contributed by atoms with E-state index in [1.54, 1.807) is 12.1 Å². The Balaban J connectivity index is 2.33. The normalized spacial score (nSPS) is 10.2. The quantitative estimate of drug-likeness (QED) is 0.692. The fraction of sp³-hybridized carbons (Fsp3) is 0.0769. The van der Waals surface area contributed by atoms with Gasteiger partial charge in [0.05, 0.1) is 12.5 Å². The molecule has 0 aliphatic carbocycles. The van der Waals surface area contributed by atoms with Gasteiger partial charge in [-0.1, -0.05) is 12.1 Å². The molecule has 7 heteroatoms. The molecule has 2 aromatic rings. The van der Waals surface area contributed by atoms with Gasteiger partial charge in [0.15, 0.2) is 0 Å². The fourth-order valence-corrected chi connectivity index (χ4v) is 1.54. The number of benzene rings is 1. The number of halogens is 4. The van der Waals surface area contributed by atoms with E-state index in [0.717, 1.165) is 0 Å². The topological polar surface area (TPSA) is 48.7 Å². The summed E-state index contributed by atoms with van der Waals surface area (Å²) in [6.07, 6.45) is 0.182. The highest BCUT2D eigenvalue weighted by atomic mass is 19.2. The Labute approximate surface area is 111 Å². The summed E-state index contributed by atoms with van der Waals surface area (Å²) in [5, 5.41) is 10.7. The lowest BCUT2D eigenvalue weighted by atomic mass is 10.1. The summed E-state index contributed by atoms with van der Waals surface area (Å²) in [6, 6.07) is 7.90. The molecule has 0 fully saturated rings. The first-order chi connectivity index (χ1) is 9.52. The second kappa shape index (κ2) is 5.57. The number of nitrogens with zero attached hydrogens (tertiary/aromatic N) is 2. The van der Waals surface area contributed by atoms with Crippen LogP contribution in [-0.2, 0) is 6.42 Å².